The second-order valence-electron chi connectivity index (χ2n) is 6.80. The average molecular weight is 321 g/mol. The summed E-state index contributed by atoms with van der Waals surface area (Å²) in [6.07, 6.45) is 0.729. The topological polar surface area (TPSA) is 70.2 Å². The number of nitrogens with one attached hydrogen (secondary N) is 3. The highest BCUT2D eigenvalue weighted by Crippen LogP contribution is 2.24. The first-order valence-corrected chi connectivity index (χ1v) is 7.88. The third kappa shape index (κ3) is 4.51. The number of benzene rings is 1. The Hall–Kier alpha value is -1.95. The molecule has 5 nitrogen and oxygen atoms in total. The molecule has 23 heavy (non-hydrogen) atoms. The second-order valence-corrected chi connectivity index (χ2v) is 6.80. The van der Waals surface area contributed by atoms with E-state index in [1.165, 1.54) is 0 Å². The van der Waals surface area contributed by atoms with Gasteiger partial charge < -0.3 is 16.0 Å². The standard InChI is InChI=1S/C17H24FN3O2/c1-17(2,3)16(23)20-9-7-14(22)21-13-5-4-11-10-19-8-6-12(11)15(13)18/h4-5,19H,6-10H2,1-3H3,(H,20,23)(H,21,22). The molecule has 6 heteroatoms. The molecule has 1 aliphatic heterocycles. The van der Waals surface area contributed by atoms with Gasteiger partial charge in [0.1, 0.15) is 5.82 Å². The van der Waals surface area contributed by atoms with Crippen LogP contribution in [0, 0.1) is 11.2 Å². The molecule has 0 aliphatic carbocycles. The first-order valence-electron chi connectivity index (χ1n) is 7.88. The molecule has 0 saturated heterocycles. The number of fused-ring (bicyclic) bond motifs is 1. The quantitative estimate of drug-likeness (QED) is 0.794. The molecule has 0 saturated carbocycles. The Balaban J connectivity index is 1.90. The number of rotatable bonds is 4. The lowest BCUT2D eigenvalue weighted by Crippen LogP contribution is -2.36. The van der Waals surface area contributed by atoms with Gasteiger partial charge in [-0.05, 0) is 30.2 Å². The summed E-state index contributed by atoms with van der Waals surface area (Å²) in [5, 5.41) is 8.47. The van der Waals surface area contributed by atoms with Crippen LogP contribution in [0.2, 0.25) is 0 Å². The predicted octanol–water partition coefficient (Wildman–Crippen LogP) is 1.96. The minimum absolute atomic E-state index is 0.111. The molecule has 0 fully saturated rings. The van der Waals surface area contributed by atoms with Gasteiger partial charge in [-0.15, -0.1) is 0 Å². The lowest BCUT2D eigenvalue weighted by molar-refractivity contribution is -0.128. The maximum atomic E-state index is 14.4. The highest BCUT2D eigenvalue weighted by molar-refractivity contribution is 5.91. The molecule has 126 valence electrons. The summed E-state index contributed by atoms with van der Waals surface area (Å²) in [7, 11) is 0. The Bertz CT molecular complexity index is 609. The number of hydrogen-bond donors (Lipinski definition) is 3. The second kappa shape index (κ2) is 7.08. The molecular weight excluding hydrogens is 297 g/mol. The molecule has 0 aromatic heterocycles. The predicted molar refractivity (Wildman–Crippen MR) is 87.5 cm³/mol. The van der Waals surface area contributed by atoms with Crippen LogP contribution in [-0.4, -0.2) is 24.9 Å². The van der Waals surface area contributed by atoms with Gasteiger partial charge in [-0.3, -0.25) is 9.59 Å². The fraction of sp³-hybridized carbons (Fsp3) is 0.529. The normalized spacial score (nSPS) is 14.1. The molecule has 0 unspecified atom stereocenters. The Morgan fingerprint density at radius 3 is 2.74 bits per heavy atom. The maximum Gasteiger partial charge on any atom is 0.226 e. The number of carbonyl (C=O) groups excluding carboxylic acids is 2. The molecule has 0 radical (unpaired) electrons. The number of hydrogen-bond acceptors (Lipinski definition) is 3. The summed E-state index contributed by atoms with van der Waals surface area (Å²) in [5.41, 5.74) is 1.32. The average Bonchev–Trinajstić information content (AvgIpc) is 2.49. The largest absolute Gasteiger partial charge is 0.355 e. The first kappa shape index (κ1) is 17.4. The molecule has 0 bridgehead atoms. The zero-order valence-corrected chi connectivity index (χ0v) is 13.9. The van der Waals surface area contributed by atoms with Crippen LogP contribution >= 0.6 is 0 Å². The van der Waals surface area contributed by atoms with Crippen LogP contribution in [-0.2, 0) is 22.6 Å². The molecule has 0 atom stereocenters. The van der Waals surface area contributed by atoms with Crippen LogP contribution in [0.15, 0.2) is 12.1 Å². The molecule has 1 aromatic carbocycles. The third-order valence-corrected chi connectivity index (χ3v) is 3.80. The van der Waals surface area contributed by atoms with E-state index in [2.05, 4.69) is 16.0 Å². The van der Waals surface area contributed by atoms with Gasteiger partial charge in [0.25, 0.3) is 0 Å². The van der Waals surface area contributed by atoms with Gasteiger partial charge in [0.15, 0.2) is 0 Å². The molecule has 3 N–H and O–H groups in total. The minimum Gasteiger partial charge on any atom is -0.355 e. The van der Waals surface area contributed by atoms with Gasteiger partial charge in [0, 0.05) is 24.9 Å². The third-order valence-electron chi connectivity index (χ3n) is 3.80. The summed E-state index contributed by atoms with van der Waals surface area (Å²) >= 11 is 0. The SMILES string of the molecule is CC(C)(C)C(=O)NCCC(=O)Nc1ccc2c(c1F)CCNC2. The molecule has 0 spiro atoms. The van der Waals surface area contributed by atoms with Crippen molar-refractivity contribution in [2.24, 2.45) is 5.41 Å². The summed E-state index contributed by atoms with van der Waals surface area (Å²) in [5.74, 6) is -0.777. The van der Waals surface area contributed by atoms with Crippen molar-refractivity contribution in [3.8, 4) is 0 Å². The van der Waals surface area contributed by atoms with Gasteiger partial charge in [0.05, 0.1) is 5.69 Å². The Kier molecular flexibility index (Phi) is 5.36. The van der Waals surface area contributed by atoms with E-state index in [-0.39, 0.29) is 36.3 Å². The molecule has 2 rings (SSSR count). The minimum atomic E-state index is -0.491. The Morgan fingerprint density at radius 1 is 1.30 bits per heavy atom. The number of anilines is 1. The van der Waals surface area contributed by atoms with Crippen molar-refractivity contribution in [1.82, 2.24) is 10.6 Å². The van der Waals surface area contributed by atoms with E-state index < -0.39 is 5.41 Å². The van der Waals surface area contributed by atoms with Crippen molar-refractivity contribution in [3.63, 3.8) is 0 Å². The van der Waals surface area contributed by atoms with E-state index in [0.29, 0.717) is 18.5 Å². The Labute approximate surface area is 136 Å². The fourth-order valence-electron chi connectivity index (χ4n) is 2.40. The van der Waals surface area contributed by atoms with Crippen LogP contribution in [0.4, 0.5) is 10.1 Å². The van der Waals surface area contributed by atoms with E-state index >= 15 is 0 Å². The van der Waals surface area contributed by atoms with Crippen LogP contribution in [0.3, 0.4) is 0 Å². The van der Waals surface area contributed by atoms with E-state index in [9.17, 15) is 14.0 Å². The smallest absolute Gasteiger partial charge is 0.226 e. The monoisotopic (exact) mass is 321 g/mol. The lowest BCUT2D eigenvalue weighted by Gasteiger charge is -2.19. The van der Waals surface area contributed by atoms with E-state index in [1.807, 2.05) is 6.07 Å². The number of carbonyl (C=O) groups is 2. The van der Waals surface area contributed by atoms with Gasteiger partial charge in [0.2, 0.25) is 11.8 Å². The van der Waals surface area contributed by atoms with Crippen molar-refractivity contribution in [2.45, 2.75) is 40.2 Å². The first-order chi connectivity index (χ1) is 10.8. The van der Waals surface area contributed by atoms with Crippen LogP contribution < -0.4 is 16.0 Å². The van der Waals surface area contributed by atoms with Crippen molar-refractivity contribution < 1.29 is 14.0 Å². The molecule has 1 aromatic rings. The molecular formula is C17H24FN3O2. The lowest BCUT2D eigenvalue weighted by atomic mass is 9.96. The van der Waals surface area contributed by atoms with Crippen LogP contribution in [0.1, 0.15) is 38.3 Å². The highest BCUT2D eigenvalue weighted by atomic mass is 19.1. The van der Waals surface area contributed by atoms with E-state index in [0.717, 1.165) is 12.1 Å². The molecule has 1 heterocycles. The summed E-state index contributed by atoms with van der Waals surface area (Å²) in [4.78, 5) is 23.6. The Morgan fingerprint density at radius 2 is 2.04 bits per heavy atom. The van der Waals surface area contributed by atoms with Gasteiger partial charge in [-0.1, -0.05) is 26.8 Å². The zero-order chi connectivity index (χ0) is 17.0. The summed E-state index contributed by atoms with van der Waals surface area (Å²) < 4.78 is 14.4. The van der Waals surface area contributed by atoms with Gasteiger partial charge >= 0.3 is 0 Å². The fourth-order valence-corrected chi connectivity index (χ4v) is 2.40. The number of halogens is 1. The van der Waals surface area contributed by atoms with Gasteiger partial charge in [-0.25, -0.2) is 4.39 Å². The van der Waals surface area contributed by atoms with Crippen molar-refractivity contribution in [2.75, 3.05) is 18.4 Å². The van der Waals surface area contributed by atoms with Crippen LogP contribution in [0.5, 0.6) is 0 Å². The van der Waals surface area contributed by atoms with E-state index in [4.69, 9.17) is 0 Å². The molecule has 1 aliphatic rings. The van der Waals surface area contributed by atoms with Crippen molar-refractivity contribution in [3.05, 3.63) is 29.1 Å². The van der Waals surface area contributed by atoms with E-state index in [1.54, 1.807) is 26.8 Å². The molecule has 2 amide bonds. The van der Waals surface area contributed by atoms with Crippen molar-refractivity contribution >= 4 is 17.5 Å². The van der Waals surface area contributed by atoms with Gasteiger partial charge in [-0.2, -0.15) is 0 Å². The number of amides is 2. The summed E-state index contributed by atoms with van der Waals surface area (Å²) in [6.45, 7) is 7.04. The summed E-state index contributed by atoms with van der Waals surface area (Å²) in [6, 6.07) is 3.42. The van der Waals surface area contributed by atoms with Crippen molar-refractivity contribution in [1.29, 1.82) is 0 Å². The zero-order valence-electron chi connectivity index (χ0n) is 13.9. The van der Waals surface area contributed by atoms with Crippen LogP contribution in [0.25, 0.3) is 0 Å². The highest BCUT2D eigenvalue weighted by Gasteiger charge is 2.21. The maximum absolute atomic E-state index is 14.4.